The van der Waals surface area contributed by atoms with Gasteiger partial charge in [-0.05, 0) is 30.2 Å². The quantitative estimate of drug-likeness (QED) is 0.739. The molecule has 2 aromatic carbocycles. The van der Waals surface area contributed by atoms with Crippen molar-refractivity contribution in [3.63, 3.8) is 0 Å². The van der Waals surface area contributed by atoms with E-state index in [1.165, 1.54) is 0 Å². The summed E-state index contributed by atoms with van der Waals surface area (Å²) in [6, 6.07) is 13.8. The fraction of sp³-hybridized carbons (Fsp3) is 0.364. The molecule has 1 N–H and O–H groups in total. The fourth-order valence-electron chi connectivity index (χ4n) is 4.05. The molecule has 0 spiro atoms. The zero-order valence-electron chi connectivity index (χ0n) is 17.0. The summed E-state index contributed by atoms with van der Waals surface area (Å²) in [5.41, 5.74) is 1.90. The van der Waals surface area contributed by atoms with Crippen LogP contribution in [0.15, 0.2) is 48.5 Å². The number of amides is 2. The average molecular weight is 462 g/mol. The maximum atomic E-state index is 13.4. The van der Waals surface area contributed by atoms with Crippen molar-refractivity contribution in [2.75, 3.05) is 41.4 Å². The van der Waals surface area contributed by atoms with Crippen LogP contribution in [0.5, 0.6) is 0 Å². The molecule has 2 aliphatic rings. The lowest BCUT2D eigenvalue weighted by Crippen LogP contribution is -2.46. The summed E-state index contributed by atoms with van der Waals surface area (Å²) in [6.07, 6.45) is 1.31. The minimum absolute atomic E-state index is 0.0247. The van der Waals surface area contributed by atoms with Crippen molar-refractivity contribution in [2.45, 2.75) is 18.9 Å². The van der Waals surface area contributed by atoms with Crippen LogP contribution < -0.4 is 10.2 Å². The Morgan fingerprint density at radius 2 is 1.74 bits per heavy atom. The van der Waals surface area contributed by atoms with Crippen LogP contribution in [-0.4, -0.2) is 56.3 Å². The van der Waals surface area contributed by atoms with Gasteiger partial charge in [-0.3, -0.25) is 14.5 Å². The van der Waals surface area contributed by atoms with Crippen LogP contribution in [0.2, 0.25) is 5.02 Å². The Hall–Kier alpha value is -2.42. The van der Waals surface area contributed by atoms with E-state index in [4.69, 9.17) is 11.6 Å². The van der Waals surface area contributed by atoms with Gasteiger partial charge in [0.05, 0.1) is 22.2 Å². The zero-order valence-corrected chi connectivity index (χ0v) is 18.5. The molecule has 1 unspecified atom stereocenters. The summed E-state index contributed by atoms with van der Waals surface area (Å²) < 4.78 is 23.7. The summed E-state index contributed by atoms with van der Waals surface area (Å²) in [7, 11) is -3.07. The molecular formula is C22H24ClN3O4S. The summed E-state index contributed by atoms with van der Waals surface area (Å²) in [5.74, 6) is -0.193. The Kier molecular flexibility index (Phi) is 6.31. The van der Waals surface area contributed by atoms with Gasteiger partial charge < -0.3 is 10.2 Å². The Labute approximate surface area is 186 Å². The van der Waals surface area contributed by atoms with Crippen molar-refractivity contribution in [1.82, 2.24) is 4.90 Å². The van der Waals surface area contributed by atoms with E-state index in [1.54, 1.807) is 23.1 Å². The third kappa shape index (κ3) is 4.92. The normalized spacial score (nSPS) is 19.9. The molecule has 0 aromatic heterocycles. The first-order valence-electron chi connectivity index (χ1n) is 10.2. The molecule has 2 fully saturated rings. The molecule has 0 radical (unpaired) electrons. The van der Waals surface area contributed by atoms with Crippen LogP contribution >= 0.6 is 11.6 Å². The van der Waals surface area contributed by atoms with Crippen LogP contribution in [0, 0.1) is 0 Å². The Morgan fingerprint density at radius 3 is 2.39 bits per heavy atom. The van der Waals surface area contributed by atoms with Gasteiger partial charge in [0.1, 0.15) is 6.04 Å². The first-order chi connectivity index (χ1) is 14.8. The fourth-order valence-corrected chi connectivity index (χ4v) is 5.44. The van der Waals surface area contributed by atoms with E-state index in [2.05, 4.69) is 5.32 Å². The van der Waals surface area contributed by atoms with Crippen molar-refractivity contribution in [3.05, 3.63) is 59.1 Å². The number of carbonyl (C=O) groups is 2. The van der Waals surface area contributed by atoms with Gasteiger partial charge in [0.2, 0.25) is 11.8 Å². The molecule has 2 aliphatic heterocycles. The van der Waals surface area contributed by atoms with E-state index >= 15 is 0 Å². The van der Waals surface area contributed by atoms with Gasteiger partial charge in [-0.25, -0.2) is 8.42 Å². The second kappa shape index (κ2) is 8.98. The molecule has 164 valence electrons. The third-order valence-electron chi connectivity index (χ3n) is 5.70. The van der Waals surface area contributed by atoms with E-state index in [0.717, 1.165) is 12.0 Å². The predicted molar refractivity (Wildman–Crippen MR) is 121 cm³/mol. The molecular weight excluding hydrogens is 438 g/mol. The molecule has 2 heterocycles. The Bertz CT molecular complexity index is 1080. The number of rotatable bonds is 5. The largest absolute Gasteiger partial charge is 0.323 e. The van der Waals surface area contributed by atoms with E-state index in [0.29, 0.717) is 29.4 Å². The molecule has 2 saturated heterocycles. The van der Waals surface area contributed by atoms with Gasteiger partial charge in [-0.1, -0.05) is 41.9 Å². The zero-order chi connectivity index (χ0) is 22.0. The molecule has 7 nitrogen and oxygen atoms in total. The van der Waals surface area contributed by atoms with Crippen molar-refractivity contribution in [2.24, 2.45) is 0 Å². The lowest BCUT2D eigenvalue weighted by atomic mass is 10.0. The molecule has 0 bridgehead atoms. The van der Waals surface area contributed by atoms with Crippen molar-refractivity contribution in [1.29, 1.82) is 0 Å². The van der Waals surface area contributed by atoms with Crippen molar-refractivity contribution in [3.8, 4) is 0 Å². The van der Waals surface area contributed by atoms with Gasteiger partial charge in [0, 0.05) is 31.7 Å². The topological polar surface area (TPSA) is 86.8 Å². The standard InChI is InChI=1S/C22H24ClN3O4S/c23-18-9-8-17(26-10-4-7-20(26)27)15-19(18)24-22(28)21(16-5-2-1-3-6-16)25-11-13-31(29,30)14-12-25/h1-3,5-6,8-9,15,21H,4,7,10-14H2,(H,24,28). The number of nitrogens with one attached hydrogen (secondary N) is 1. The van der Waals surface area contributed by atoms with Gasteiger partial charge >= 0.3 is 0 Å². The molecule has 2 amide bonds. The van der Waals surface area contributed by atoms with Gasteiger partial charge in [0.25, 0.3) is 0 Å². The SMILES string of the molecule is O=C(Nc1cc(N2CCCC2=O)ccc1Cl)C(c1ccccc1)N1CCS(=O)(=O)CC1. The van der Waals surface area contributed by atoms with Crippen LogP contribution in [0.1, 0.15) is 24.4 Å². The minimum atomic E-state index is -3.07. The maximum Gasteiger partial charge on any atom is 0.246 e. The smallest absolute Gasteiger partial charge is 0.246 e. The van der Waals surface area contributed by atoms with E-state index in [9.17, 15) is 18.0 Å². The van der Waals surface area contributed by atoms with Crippen molar-refractivity contribution < 1.29 is 18.0 Å². The van der Waals surface area contributed by atoms with E-state index in [-0.39, 0.29) is 36.4 Å². The Balaban J connectivity index is 1.60. The maximum absolute atomic E-state index is 13.4. The minimum Gasteiger partial charge on any atom is -0.323 e. The average Bonchev–Trinajstić information content (AvgIpc) is 3.18. The molecule has 1 atom stereocenters. The highest BCUT2D eigenvalue weighted by Crippen LogP contribution is 2.32. The van der Waals surface area contributed by atoms with Gasteiger partial charge in [-0.15, -0.1) is 0 Å². The predicted octanol–water partition coefficient (Wildman–Crippen LogP) is 2.88. The highest BCUT2D eigenvalue weighted by atomic mass is 35.5. The first kappa shape index (κ1) is 21.8. The van der Waals surface area contributed by atoms with Crippen LogP contribution in [0.3, 0.4) is 0 Å². The molecule has 9 heteroatoms. The second-order valence-corrected chi connectivity index (χ2v) is 10.5. The third-order valence-corrected chi connectivity index (χ3v) is 7.64. The highest BCUT2D eigenvalue weighted by molar-refractivity contribution is 7.91. The second-order valence-electron chi connectivity index (χ2n) is 7.80. The molecule has 4 rings (SSSR count). The van der Waals surface area contributed by atoms with E-state index in [1.807, 2.05) is 35.2 Å². The molecule has 2 aromatic rings. The number of anilines is 2. The van der Waals surface area contributed by atoms with Crippen LogP contribution in [0.25, 0.3) is 0 Å². The van der Waals surface area contributed by atoms with Gasteiger partial charge in [0.15, 0.2) is 9.84 Å². The van der Waals surface area contributed by atoms with Crippen molar-refractivity contribution >= 4 is 44.6 Å². The summed E-state index contributed by atoms with van der Waals surface area (Å²) in [4.78, 5) is 29.0. The molecule has 31 heavy (non-hydrogen) atoms. The van der Waals surface area contributed by atoms with Crippen LogP contribution in [-0.2, 0) is 19.4 Å². The lowest BCUT2D eigenvalue weighted by molar-refractivity contribution is -0.121. The number of halogens is 1. The number of hydrogen-bond donors (Lipinski definition) is 1. The number of benzene rings is 2. The summed E-state index contributed by atoms with van der Waals surface area (Å²) in [6.45, 7) is 1.21. The lowest BCUT2D eigenvalue weighted by Gasteiger charge is -2.33. The monoisotopic (exact) mass is 461 g/mol. The van der Waals surface area contributed by atoms with Gasteiger partial charge in [-0.2, -0.15) is 0 Å². The number of nitrogens with zero attached hydrogens (tertiary/aromatic N) is 2. The molecule has 0 aliphatic carbocycles. The summed E-state index contributed by atoms with van der Waals surface area (Å²) in [5, 5.41) is 3.28. The molecule has 0 saturated carbocycles. The number of sulfone groups is 1. The first-order valence-corrected chi connectivity index (χ1v) is 12.4. The number of hydrogen-bond acceptors (Lipinski definition) is 5. The van der Waals surface area contributed by atoms with Crippen LogP contribution in [0.4, 0.5) is 11.4 Å². The van der Waals surface area contributed by atoms with E-state index < -0.39 is 15.9 Å². The highest BCUT2D eigenvalue weighted by Gasteiger charge is 2.33. The summed E-state index contributed by atoms with van der Waals surface area (Å²) >= 11 is 6.35. The Morgan fingerprint density at radius 1 is 1.03 bits per heavy atom. The number of carbonyl (C=O) groups excluding carboxylic acids is 2.